The Balaban J connectivity index is 2.10. The zero-order valence-electron chi connectivity index (χ0n) is 7.19. The summed E-state index contributed by atoms with van der Waals surface area (Å²) in [7, 11) is 0. The molecule has 0 aromatic heterocycles. The van der Waals surface area contributed by atoms with E-state index in [0.717, 1.165) is 6.42 Å². The van der Waals surface area contributed by atoms with Gasteiger partial charge < -0.3 is 10.2 Å². The molecule has 2 nitrogen and oxygen atoms in total. The highest BCUT2D eigenvalue weighted by Crippen LogP contribution is 2.43. The van der Waals surface area contributed by atoms with Gasteiger partial charge in [0.25, 0.3) is 0 Å². The first-order valence-corrected chi connectivity index (χ1v) is 4.75. The molecule has 0 aliphatic heterocycles. The highest BCUT2D eigenvalue weighted by Gasteiger charge is 2.37. The van der Waals surface area contributed by atoms with Crippen LogP contribution in [0.1, 0.15) is 12.8 Å². The molecule has 0 spiro atoms. The molecule has 0 aromatic carbocycles. The van der Waals surface area contributed by atoms with Crippen molar-refractivity contribution >= 4 is 0 Å². The van der Waals surface area contributed by atoms with Crippen LogP contribution in [0.2, 0.25) is 0 Å². The number of hydrogen-bond donors (Lipinski definition) is 2. The van der Waals surface area contributed by atoms with Crippen LogP contribution in [-0.4, -0.2) is 23.4 Å². The van der Waals surface area contributed by atoms with Gasteiger partial charge in [-0.25, -0.2) is 0 Å². The fourth-order valence-electron chi connectivity index (χ4n) is 2.71. The fourth-order valence-corrected chi connectivity index (χ4v) is 2.71. The van der Waals surface area contributed by atoms with Crippen LogP contribution in [0.4, 0.5) is 0 Å². The van der Waals surface area contributed by atoms with Crippen molar-refractivity contribution in [2.24, 2.45) is 23.7 Å². The van der Waals surface area contributed by atoms with Crippen LogP contribution in [0.25, 0.3) is 0 Å². The van der Waals surface area contributed by atoms with E-state index in [1.54, 1.807) is 0 Å². The van der Waals surface area contributed by atoms with Gasteiger partial charge in [-0.1, -0.05) is 12.2 Å². The summed E-state index contributed by atoms with van der Waals surface area (Å²) in [5.41, 5.74) is 0. The smallest absolute Gasteiger partial charge is 0.0468 e. The van der Waals surface area contributed by atoms with Crippen molar-refractivity contribution in [2.45, 2.75) is 12.8 Å². The van der Waals surface area contributed by atoms with Crippen LogP contribution >= 0.6 is 0 Å². The quantitative estimate of drug-likeness (QED) is 0.599. The largest absolute Gasteiger partial charge is 0.396 e. The van der Waals surface area contributed by atoms with Crippen molar-refractivity contribution in [3.8, 4) is 0 Å². The molecule has 0 amide bonds. The van der Waals surface area contributed by atoms with Crippen molar-refractivity contribution in [1.29, 1.82) is 0 Å². The van der Waals surface area contributed by atoms with Gasteiger partial charge in [-0.2, -0.15) is 0 Å². The summed E-state index contributed by atoms with van der Waals surface area (Å²) in [5, 5.41) is 18.3. The van der Waals surface area contributed by atoms with Gasteiger partial charge >= 0.3 is 0 Å². The van der Waals surface area contributed by atoms with E-state index in [-0.39, 0.29) is 13.2 Å². The monoisotopic (exact) mass is 168 g/mol. The lowest BCUT2D eigenvalue weighted by atomic mass is 9.72. The molecule has 4 atom stereocenters. The number of fused-ring (bicyclic) bond motifs is 2. The highest BCUT2D eigenvalue weighted by molar-refractivity contribution is 5.08. The summed E-state index contributed by atoms with van der Waals surface area (Å²) >= 11 is 0. The van der Waals surface area contributed by atoms with E-state index in [0.29, 0.717) is 23.7 Å². The molecule has 2 bridgehead atoms. The molecule has 2 aliphatic rings. The van der Waals surface area contributed by atoms with Gasteiger partial charge in [-0.3, -0.25) is 0 Å². The molecule has 68 valence electrons. The molecule has 0 aromatic rings. The molecule has 2 rings (SSSR count). The molecule has 12 heavy (non-hydrogen) atoms. The molecule has 2 N–H and O–H groups in total. The van der Waals surface area contributed by atoms with Gasteiger partial charge in [-0.15, -0.1) is 0 Å². The Morgan fingerprint density at radius 3 is 2.58 bits per heavy atom. The molecule has 0 heterocycles. The Hall–Kier alpha value is -0.340. The Bertz CT molecular complexity index is 188. The minimum Gasteiger partial charge on any atom is -0.396 e. The molecular weight excluding hydrogens is 152 g/mol. The predicted molar refractivity (Wildman–Crippen MR) is 46.5 cm³/mol. The molecule has 1 saturated carbocycles. The second kappa shape index (κ2) is 3.19. The van der Waals surface area contributed by atoms with Gasteiger partial charge in [0, 0.05) is 13.2 Å². The summed E-state index contributed by atoms with van der Waals surface area (Å²) in [5.74, 6) is 1.85. The van der Waals surface area contributed by atoms with E-state index >= 15 is 0 Å². The number of rotatable bonds is 2. The van der Waals surface area contributed by atoms with E-state index in [2.05, 4.69) is 12.2 Å². The van der Waals surface area contributed by atoms with E-state index < -0.39 is 0 Å². The lowest BCUT2D eigenvalue weighted by molar-refractivity contribution is 0.0551. The topological polar surface area (TPSA) is 40.5 Å². The van der Waals surface area contributed by atoms with Crippen LogP contribution in [0.15, 0.2) is 12.2 Å². The van der Waals surface area contributed by atoms with Gasteiger partial charge in [0.1, 0.15) is 0 Å². The van der Waals surface area contributed by atoms with E-state index in [1.807, 2.05) is 0 Å². The summed E-state index contributed by atoms with van der Waals surface area (Å²) < 4.78 is 0. The number of aliphatic hydroxyl groups excluding tert-OH is 2. The van der Waals surface area contributed by atoms with Gasteiger partial charge in [-0.05, 0) is 36.5 Å². The molecule has 2 aliphatic carbocycles. The first kappa shape index (κ1) is 8.27. The zero-order valence-corrected chi connectivity index (χ0v) is 7.19. The Kier molecular flexibility index (Phi) is 2.20. The third kappa shape index (κ3) is 1.19. The van der Waals surface area contributed by atoms with Crippen LogP contribution in [0.3, 0.4) is 0 Å². The molecule has 0 saturated heterocycles. The Labute approximate surface area is 72.9 Å². The van der Waals surface area contributed by atoms with E-state index in [9.17, 15) is 0 Å². The Morgan fingerprint density at radius 1 is 1.08 bits per heavy atom. The molecule has 4 unspecified atom stereocenters. The maximum absolute atomic E-state index is 9.17. The number of hydrogen-bond acceptors (Lipinski definition) is 2. The first-order valence-electron chi connectivity index (χ1n) is 4.75. The minimum absolute atomic E-state index is 0.229. The Morgan fingerprint density at radius 2 is 1.92 bits per heavy atom. The summed E-state index contributed by atoms with van der Waals surface area (Å²) in [4.78, 5) is 0. The van der Waals surface area contributed by atoms with E-state index in [1.165, 1.54) is 6.42 Å². The van der Waals surface area contributed by atoms with Gasteiger partial charge in [0.2, 0.25) is 0 Å². The normalized spacial score (nSPS) is 45.2. The third-order valence-electron chi connectivity index (χ3n) is 3.41. The molecule has 1 fully saturated rings. The maximum atomic E-state index is 9.17. The lowest BCUT2D eigenvalue weighted by Crippen LogP contribution is -2.33. The predicted octanol–water partition coefficient (Wildman–Crippen LogP) is 0.799. The third-order valence-corrected chi connectivity index (χ3v) is 3.41. The molecule has 0 radical (unpaired) electrons. The van der Waals surface area contributed by atoms with Gasteiger partial charge in [0.05, 0.1) is 0 Å². The second-order valence-electron chi connectivity index (χ2n) is 4.07. The number of aliphatic hydroxyl groups is 2. The average Bonchev–Trinajstić information content (AvgIpc) is 2.48. The maximum Gasteiger partial charge on any atom is 0.0468 e. The minimum atomic E-state index is 0.229. The zero-order chi connectivity index (χ0) is 8.55. The second-order valence-corrected chi connectivity index (χ2v) is 4.07. The molecule has 2 heteroatoms. The summed E-state index contributed by atoms with van der Waals surface area (Å²) in [6.07, 6.45) is 6.74. The van der Waals surface area contributed by atoms with Crippen molar-refractivity contribution < 1.29 is 10.2 Å². The van der Waals surface area contributed by atoms with Crippen molar-refractivity contribution in [3.05, 3.63) is 12.2 Å². The van der Waals surface area contributed by atoms with Crippen LogP contribution < -0.4 is 0 Å². The number of allylic oxidation sites excluding steroid dienone is 2. The molecular formula is C10H16O2. The van der Waals surface area contributed by atoms with Crippen molar-refractivity contribution in [2.75, 3.05) is 13.2 Å². The highest BCUT2D eigenvalue weighted by atomic mass is 16.3. The summed E-state index contributed by atoms with van der Waals surface area (Å²) in [6.45, 7) is 0.465. The lowest BCUT2D eigenvalue weighted by Gasteiger charge is -2.34. The van der Waals surface area contributed by atoms with Gasteiger partial charge in [0.15, 0.2) is 0 Å². The first-order chi connectivity index (χ1) is 5.85. The van der Waals surface area contributed by atoms with Crippen molar-refractivity contribution in [1.82, 2.24) is 0 Å². The van der Waals surface area contributed by atoms with Crippen molar-refractivity contribution in [3.63, 3.8) is 0 Å². The van der Waals surface area contributed by atoms with Crippen LogP contribution in [-0.2, 0) is 0 Å². The van der Waals surface area contributed by atoms with E-state index in [4.69, 9.17) is 10.2 Å². The standard InChI is InChI=1S/C10H16O2/c11-5-9-4-7-1-2-8(3-7)10(9)6-12/h1-2,7-12H,3-6H2. The SMILES string of the molecule is OCC1CC2C=CC(C2)C1CO. The fraction of sp³-hybridized carbons (Fsp3) is 0.800. The summed E-state index contributed by atoms with van der Waals surface area (Å²) in [6, 6.07) is 0. The average molecular weight is 168 g/mol. The van der Waals surface area contributed by atoms with Crippen LogP contribution in [0.5, 0.6) is 0 Å². The van der Waals surface area contributed by atoms with Crippen LogP contribution in [0, 0.1) is 23.7 Å².